The standard InChI is InChI=1S/C14H15NO6/c1-20-10-4-3-9(5-11(10)21-2)14(8-15,6-12(16)17)7-13(18)19/h3-5H,6-7H2,1-2H3,(H,16,17)(H,18,19). The lowest BCUT2D eigenvalue weighted by Crippen LogP contribution is -2.30. The molecular formula is C14H15NO6. The maximum absolute atomic E-state index is 11.0. The highest BCUT2D eigenvalue weighted by Crippen LogP contribution is 2.37. The minimum atomic E-state index is -1.67. The highest BCUT2D eigenvalue weighted by atomic mass is 16.5. The number of carbonyl (C=O) groups is 2. The number of nitriles is 1. The van der Waals surface area contributed by atoms with Gasteiger partial charge in [-0.15, -0.1) is 0 Å². The van der Waals surface area contributed by atoms with E-state index in [1.165, 1.54) is 32.4 Å². The van der Waals surface area contributed by atoms with Gasteiger partial charge in [0.2, 0.25) is 0 Å². The quantitative estimate of drug-likeness (QED) is 0.780. The fourth-order valence-corrected chi connectivity index (χ4v) is 2.06. The summed E-state index contributed by atoms with van der Waals surface area (Å²) in [6, 6.07) is 6.22. The van der Waals surface area contributed by atoms with Gasteiger partial charge in [0.1, 0.15) is 5.41 Å². The van der Waals surface area contributed by atoms with E-state index in [9.17, 15) is 14.9 Å². The van der Waals surface area contributed by atoms with Crippen molar-refractivity contribution in [3.05, 3.63) is 23.8 Å². The molecule has 1 aromatic carbocycles. The van der Waals surface area contributed by atoms with Gasteiger partial charge in [0.05, 0.1) is 33.1 Å². The van der Waals surface area contributed by atoms with Crippen LogP contribution in [0.15, 0.2) is 18.2 Å². The van der Waals surface area contributed by atoms with E-state index >= 15 is 0 Å². The number of hydrogen-bond acceptors (Lipinski definition) is 5. The summed E-state index contributed by atoms with van der Waals surface area (Å²) in [5.74, 6) is -1.82. The van der Waals surface area contributed by atoms with Crippen molar-refractivity contribution in [3.63, 3.8) is 0 Å². The SMILES string of the molecule is COc1ccc(C(C#N)(CC(=O)O)CC(=O)O)cc1OC. The predicted octanol–water partition coefficient (Wildman–Crippen LogP) is 1.41. The van der Waals surface area contributed by atoms with E-state index in [4.69, 9.17) is 19.7 Å². The van der Waals surface area contributed by atoms with E-state index in [1.54, 1.807) is 0 Å². The van der Waals surface area contributed by atoms with Crippen LogP contribution < -0.4 is 9.47 Å². The summed E-state index contributed by atoms with van der Waals surface area (Å²) in [6.45, 7) is 0. The van der Waals surface area contributed by atoms with Crippen molar-refractivity contribution >= 4 is 11.9 Å². The third-order valence-electron chi connectivity index (χ3n) is 3.06. The van der Waals surface area contributed by atoms with Gasteiger partial charge in [0.15, 0.2) is 11.5 Å². The third-order valence-corrected chi connectivity index (χ3v) is 3.06. The lowest BCUT2D eigenvalue weighted by molar-refractivity contribution is -0.140. The minimum Gasteiger partial charge on any atom is -0.493 e. The van der Waals surface area contributed by atoms with E-state index in [0.29, 0.717) is 11.5 Å². The van der Waals surface area contributed by atoms with Gasteiger partial charge in [-0.2, -0.15) is 5.26 Å². The molecule has 0 unspecified atom stereocenters. The maximum Gasteiger partial charge on any atom is 0.305 e. The molecule has 0 saturated heterocycles. The molecule has 112 valence electrons. The van der Waals surface area contributed by atoms with Crippen molar-refractivity contribution in [1.82, 2.24) is 0 Å². The fourth-order valence-electron chi connectivity index (χ4n) is 2.06. The zero-order valence-electron chi connectivity index (χ0n) is 11.6. The summed E-state index contributed by atoms with van der Waals surface area (Å²) in [7, 11) is 2.83. The van der Waals surface area contributed by atoms with Gasteiger partial charge in [-0.05, 0) is 17.7 Å². The number of benzene rings is 1. The van der Waals surface area contributed by atoms with Crippen LogP contribution in [-0.2, 0) is 15.0 Å². The fraction of sp³-hybridized carbons (Fsp3) is 0.357. The van der Waals surface area contributed by atoms with E-state index in [-0.39, 0.29) is 5.56 Å². The molecule has 7 nitrogen and oxygen atoms in total. The monoisotopic (exact) mass is 293 g/mol. The summed E-state index contributed by atoms with van der Waals surface area (Å²) in [5.41, 5.74) is -1.41. The summed E-state index contributed by atoms with van der Waals surface area (Å²) in [4.78, 5) is 22.0. The molecule has 0 heterocycles. The largest absolute Gasteiger partial charge is 0.493 e. The Labute approximate surface area is 121 Å². The molecule has 0 amide bonds. The van der Waals surface area contributed by atoms with Crippen molar-refractivity contribution in [2.45, 2.75) is 18.3 Å². The molecular weight excluding hydrogens is 278 g/mol. The molecule has 0 bridgehead atoms. The van der Waals surface area contributed by atoms with E-state index in [2.05, 4.69) is 0 Å². The van der Waals surface area contributed by atoms with Crippen molar-refractivity contribution in [1.29, 1.82) is 5.26 Å². The molecule has 0 aliphatic heterocycles. The molecule has 0 fully saturated rings. The van der Waals surface area contributed by atoms with E-state index < -0.39 is 30.2 Å². The van der Waals surface area contributed by atoms with E-state index in [0.717, 1.165) is 0 Å². The van der Waals surface area contributed by atoms with Crippen LogP contribution in [0.2, 0.25) is 0 Å². The lowest BCUT2D eigenvalue weighted by atomic mass is 9.76. The van der Waals surface area contributed by atoms with Crippen LogP contribution in [0.5, 0.6) is 11.5 Å². The van der Waals surface area contributed by atoms with Gasteiger partial charge in [-0.1, -0.05) is 6.07 Å². The van der Waals surface area contributed by atoms with Gasteiger partial charge in [0, 0.05) is 0 Å². The van der Waals surface area contributed by atoms with Crippen molar-refractivity contribution in [2.75, 3.05) is 14.2 Å². The van der Waals surface area contributed by atoms with Gasteiger partial charge in [-0.3, -0.25) is 9.59 Å². The average Bonchev–Trinajstić information content (AvgIpc) is 2.44. The first-order chi connectivity index (χ1) is 9.88. The number of rotatable bonds is 7. The zero-order chi connectivity index (χ0) is 16.0. The number of nitrogens with zero attached hydrogens (tertiary/aromatic N) is 1. The van der Waals surface area contributed by atoms with E-state index in [1.807, 2.05) is 6.07 Å². The number of methoxy groups -OCH3 is 2. The van der Waals surface area contributed by atoms with Crippen LogP contribution in [0.3, 0.4) is 0 Å². The summed E-state index contributed by atoms with van der Waals surface area (Å²) >= 11 is 0. The molecule has 0 aliphatic carbocycles. The molecule has 2 N–H and O–H groups in total. The number of ether oxygens (including phenoxy) is 2. The van der Waals surface area contributed by atoms with Crippen molar-refractivity contribution in [2.24, 2.45) is 0 Å². The summed E-state index contributed by atoms with van der Waals surface area (Å²) < 4.78 is 10.2. The Morgan fingerprint density at radius 2 is 1.67 bits per heavy atom. The summed E-state index contributed by atoms with van der Waals surface area (Å²) in [5, 5.41) is 27.3. The molecule has 0 atom stereocenters. The number of carboxylic acids is 2. The Morgan fingerprint density at radius 1 is 1.14 bits per heavy atom. The number of carboxylic acid groups (broad SMARTS) is 2. The second-order valence-electron chi connectivity index (χ2n) is 4.40. The first kappa shape index (κ1) is 16.3. The van der Waals surface area contributed by atoms with Crippen LogP contribution in [-0.4, -0.2) is 36.4 Å². The molecule has 1 rings (SSSR count). The highest BCUT2D eigenvalue weighted by Gasteiger charge is 2.38. The van der Waals surface area contributed by atoms with Crippen LogP contribution in [0.1, 0.15) is 18.4 Å². The van der Waals surface area contributed by atoms with Gasteiger partial charge in [-0.25, -0.2) is 0 Å². The van der Waals surface area contributed by atoms with Gasteiger partial charge in [0.25, 0.3) is 0 Å². The topological polar surface area (TPSA) is 117 Å². The third kappa shape index (κ3) is 3.63. The van der Waals surface area contributed by atoms with Gasteiger partial charge >= 0.3 is 11.9 Å². The molecule has 0 aromatic heterocycles. The van der Waals surface area contributed by atoms with Crippen LogP contribution in [0.4, 0.5) is 0 Å². The Bertz CT molecular complexity index is 574. The van der Waals surface area contributed by atoms with Crippen LogP contribution in [0.25, 0.3) is 0 Å². The summed E-state index contributed by atoms with van der Waals surface area (Å²) in [6.07, 6.45) is -1.24. The Morgan fingerprint density at radius 3 is 2.05 bits per heavy atom. The molecule has 0 spiro atoms. The Kier molecular flexibility index (Phi) is 5.13. The molecule has 0 saturated carbocycles. The van der Waals surface area contributed by atoms with Gasteiger partial charge < -0.3 is 19.7 Å². The molecule has 0 aliphatic rings. The maximum atomic E-state index is 11.0. The number of aliphatic carboxylic acids is 2. The first-order valence-corrected chi connectivity index (χ1v) is 5.96. The predicted molar refractivity (Wildman–Crippen MR) is 71.3 cm³/mol. The normalized spacial score (nSPS) is 10.5. The van der Waals surface area contributed by atoms with Crippen molar-refractivity contribution < 1.29 is 29.3 Å². The molecule has 1 aromatic rings. The Hall–Kier alpha value is -2.75. The molecule has 21 heavy (non-hydrogen) atoms. The number of hydrogen-bond donors (Lipinski definition) is 2. The second-order valence-corrected chi connectivity index (χ2v) is 4.40. The molecule has 7 heteroatoms. The zero-order valence-corrected chi connectivity index (χ0v) is 11.6. The average molecular weight is 293 g/mol. The lowest BCUT2D eigenvalue weighted by Gasteiger charge is -2.24. The Balaban J connectivity index is 3.41. The first-order valence-electron chi connectivity index (χ1n) is 5.96. The molecule has 0 radical (unpaired) electrons. The second kappa shape index (κ2) is 6.61. The van der Waals surface area contributed by atoms with Crippen LogP contribution >= 0.6 is 0 Å². The minimum absolute atomic E-state index is 0.257. The van der Waals surface area contributed by atoms with Crippen molar-refractivity contribution in [3.8, 4) is 17.6 Å². The smallest absolute Gasteiger partial charge is 0.305 e. The van der Waals surface area contributed by atoms with Crippen LogP contribution in [0, 0.1) is 11.3 Å². The highest BCUT2D eigenvalue weighted by molar-refractivity contribution is 5.76.